The third-order valence-electron chi connectivity index (χ3n) is 9.30. The second-order valence-electron chi connectivity index (χ2n) is 13.1. The summed E-state index contributed by atoms with van der Waals surface area (Å²) in [6.07, 6.45) is -2.21. The van der Waals surface area contributed by atoms with Crippen molar-refractivity contribution in [1.29, 1.82) is 0 Å². The third-order valence-corrected chi connectivity index (χ3v) is 11.7. The van der Waals surface area contributed by atoms with Gasteiger partial charge < -0.3 is 20.3 Å². The van der Waals surface area contributed by atoms with Crippen LogP contribution in [0.1, 0.15) is 72.8 Å². The average Bonchev–Trinajstić information content (AvgIpc) is 3.38. The summed E-state index contributed by atoms with van der Waals surface area (Å²) in [4.78, 5) is 14.0. The Morgan fingerprint density at radius 2 is 1.75 bits per heavy atom. The summed E-state index contributed by atoms with van der Waals surface area (Å²) >= 11 is 0. The fourth-order valence-electron chi connectivity index (χ4n) is 6.50. The van der Waals surface area contributed by atoms with Crippen molar-refractivity contribution in [2.45, 2.75) is 82.6 Å². The van der Waals surface area contributed by atoms with E-state index in [0.29, 0.717) is 24.1 Å². The molecule has 8 nitrogen and oxygen atoms in total. The van der Waals surface area contributed by atoms with Crippen molar-refractivity contribution in [3.63, 3.8) is 0 Å². The molecule has 1 aliphatic rings. The van der Waals surface area contributed by atoms with Crippen LogP contribution in [0.4, 0.5) is 18.9 Å². The zero-order valence-electron chi connectivity index (χ0n) is 27.8. The standard InChI is InChI=1S/C36H43F3N4O4S/c1-6-24-21-43-22-35(3,4)48(46,47)42(5)31-19-26(18-28(24)33(31)43)34(45)41-30(16-23-12-9-8-10-13-23)32(44)20-40-29(7-2)25-14-11-15-27(17-25)36(37,38)39/h8-15,17-19,21,29-30,32,40,44H,6-7,16,20,22H2,1-5H3,(H,41,45)/t29-,30+,32-/m1/s1. The number of hydrogen-bond donors (Lipinski definition) is 3. The molecular formula is C36H43F3N4O4S. The number of nitrogens with one attached hydrogen (secondary N) is 2. The molecular weight excluding hydrogens is 641 g/mol. The molecule has 2 heterocycles. The molecule has 0 aliphatic carbocycles. The van der Waals surface area contributed by atoms with Crippen LogP contribution in [0.5, 0.6) is 0 Å². The van der Waals surface area contributed by atoms with Gasteiger partial charge in [-0.25, -0.2) is 8.42 Å². The summed E-state index contributed by atoms with van der Waals surface area (Å²) in [5, 5.41) is 18.4. The van der Waals surface area contributed by atoms with Gasteiger partial charge in [-0.1, -0.05) is 56.3 Å². The van der Waals surface area contributed by atoms with Crippen molar-refractivity contribution < 1.29 is 31.5 Å². The number of aliphatic hydroxyl groups excluding tert-OH is 1. The van der Waals surface area contributed by atoms with Crippen LogP contribution in [-0.2, 0) is 35.6 Å². The summed E-state index contributed by atoms with van der Waals surface area (Å²) in [6, 6.07) is 16.6. The summed E-state index contributed by atoms with van der Waals surface area (Å²) < 4.78 is 69.5. The van der Waals surface area contributed by atoms with Gasteiger partial charge in [-0.3, -0.25) is 9.10 Å². The zero-order chi connectivity index (χ0) is 35.0. The molecule has 0 saturated carbocycles. The molecule has 0 fully saturated rings. The van der Waals surface area contributed by atoms with Crippen LogP contribution < -0.4 is 14.9 Å². The first-order valence-electron chi connectivity index (χ1n) is 16.1. The molecule has 0 bridgehead atoms. The van der Waals surface area contributed by atoms with Crippen LogP contribution in [0.2, 0.25) is 0 Å². The van der Waals surface area contributed by atoms with Crippen molar-refractivity contribution in [2.75, 3.05) is 17.9 Å². The molecule has 1 amide bonds. The van der Waals surface area contributed by atoms with Crippen molar-refractivity contribution in [3.8, 4) is 0 Å². The van der Waals surface area contributed by atoms with E-state index in [2.05, 4.69) is 10.6 Å². The number of carbonyl (C=O) groups excluding carboxylic acids is 1. The number of carbonyl (C=O) groups is 1. The number of anilines is 1. The first-order chi connectivity index (χ1) is 22.6. The first kappa shape index (κ1) is 35.4. The fourth-order valence-corrected chi connectivity index (χ4v) is 7.94. The minimum atomic E-state index is -4.48. The highest BCUT2D eigenvalue weighted by Gasteiger charge is 2.42. The van der Waals surface area contributed by atoms with Crippen LogP contribution in [-0.4, -0.2) is 54.5 Å². The van der Waals surface area contributed by atoms with Gasteiger partial charge in [0.1, 0.15) is 4.75 Å². The summed E-state index contributed by atoms with van der Waals surface area (Å²) in [7, 11) is -2.28. The van der Waals surface area contributed by atoms with E-state index in [-0.39, 0.29) is 25.1 Å². The van der Waals surface area contributed by atoms with E-state index >= 15 is 0 Å². The van der Waals surface area contributed by atoms with E-state index in [1.165, 1.54) is 17.4 Å². The molecule has 48 heavy (non-hydrogen) atoms. The molecule has 3 atom stereocenters. The predicted octanol–water partition coefficient (Wildman–Crippen LogP) is 6.22. The SMILES string of the molecule is CCc1cn2c3c(cc(C(=O)N[C@@H](Cc4ccccc4)[C@H](O)CN[C@H](CC)c4cccc(C(F)(F)F)c4)cc13)N(C)S(=O)(=O)C(C)(C)C2. The molecule has 4 aromatic rings. The molecule has 0 saturated heterocycles. The second kappa shape index (κ2) is 13.6. The van der Waals surface area contributed by atoms with Gasteiger partial charge in [-0.05, 0) is 74.1 Å². The van der Waals surface area contributed by atoms with Crippen LogP contribution in [0.25, 0.3) is 10.9 Å². The topological polar surface area (TPSA) is 104 Å². The Bertz CT molecular complexity index is 1890. The second-order valence-corrected chi connectivity index (χ2v) is 15.7. The maximum absolute atomic E-state index is 14.0. The maximum Gasteiger partial charge on any atom is 0.416 e. The van der Waals surface area contributed by atoms with Crippen molar-refractivity contribution in [1.82, 2.24) is 15.2 Å². The molecule has 5 rings (SSSR count). The van der Waals surface area contributed by atoms with Gasteiger partial charge in [-0.15, -0.1) is 0 Å². The number of aromatic nitrogens is 1. The van der Waals surface area contributed by atoms with Crippen LogP contribution in [0.15, 0.2) is 72.9 Å². The zero-order valence-corrected chi connectivity index (χ0v) is 28.6. The molecule has 3 aromatic carbocycles. The minimum absolute atomic E-state index is 0.00425. The summed E-state index contributed by atoms with van der Waals surface area (Å²) in [5.74, 6) is -0.484. The van der Waals surface area contributed by atoms with E-state index < -0.39 is 50.6 Å². The van der Waals surface area contributed by atoms with Gasteiger partial charge >= 0.3 is 6.18 Å². The summed E-state index contributed by atoms with van der Waals surface area (Å²) in [6.45, 7) is 7.48. The Morgan fingerprint density at radius 1 is 1.04 bits per heavy atom. The Balaban J connectivity index is 1.45. The third kappa shape index (κ3) is 6.97. The number of sulfonamides is 1. The van der Waals surface area contributed by atoms with Crippen LogP contribution in [0, 0.1) is 0 Å². The van der Waals surface area contributed by atoms with Crippen LogP contribution >= 0.6 is 0 Å². The van der Waals surface area contributed by atoms with E-state index in [1.54, 1.807) is 32.0 Å². The van der Waals surface area contributed by atoms with E-state index in [4.69, 9.17) is 0 Å². The van der Waals surface area contributed by atoms with Crippen molar-refractivity contribution in [3.05, 3.63) is 101 Å². The smallest absolute Gasteiger partial charge is 0.390 e. The molecule has 3 N–H and O–H groups in total. The number of amides is 1. The molecule has 0 unspecified atom stereocenters. The number of aryl methyl sites for hydroxylation is 1. The highest BCUT2D eigenvalue weighted by atomic mass is 32.2. The van der Waals surface area contributed by atoms with E-state index in [9.17, 15) is 31.5 Å². The van der Waals surface area contributed by atoms with Crippen molar-refractivity contribution in [2.24, 2.45) is 0 Å². The highest BCUT2D eigenvalue weighted by molar-refractivity contribution is 7.94. The number of aliphatic hydroxyl groups is 1. The largest absolute Gasteiger partial charge is 0.416 e. The lowest BCUT2D eigenvalue weighted by atomic mass is 9.98. The first-order valence-corrected chi connectivity index (χ1v) is 17.6. The van der Waals surface area contributed by atoms with Gasteiger partial charge in [0.15, 0.2) is 0 Å². The normalized spacial score (nSPS) is 17.5. The molecule has 12 heteroatoms. The Hall–Kier alpha value is -3.87. The number of nitrogens with zero attached hydrogens (tertiary/aromatic N) is 2. The minimum Gasteiger partial charge on any atom is -0.390 e. The predicted molar refractivity (Wildman–Crippen MR) is 183 cm³/mol. The van der Waals surface area contributed by atoms with Crippen LogP contribution in [0.3, 0.4) is 0 Å². The molecule has 1 aromatic heterocycles. The summed E-state index contributed by atoms with van der Waals surface area (Å²) in [5.41, 5.74) is 2.94. The highest BCUT2D eigenvalue weighted by Crippen LogP contribution is 2.40. The number of halogens is 3. The van der Waals surface area contributed by atoms with Gasteiger partial charge in [0.25, 0.3) is 5.91 Å². The quantitative estimate of drug-likeness (QED) is 0.174. The van der Waals surface area contributed by atoms with Gasteiger partial charge in [0, 0.05) is 43.3 Å². The number of benzene rings is 3. The number of alkyl halides is 3. The monoisotopic (exact) mass is 684 g/mol. The Morgan fingerprint density at radius 3 is 2.40 bits per heavy atom. The number of rotatable bonds is 11. The lowest BCUT2D eigenvalue weighted by molar-refractivity contribution is -0.137. The fraction of sp³-hybridized carbons (Fsp3) is 0.417. The molecule has 0 spiro atoms. The number of hydrogen-bond acceptors (Lipinski definition) is 5. The van der Waals surface area contributed by atoms with E-state index in [0.717, 1.165) is 34.2 Å². The maximum atomic E-state index is 14.0. The lowest BCUT2D eigenvalue weighted by Gasteiger charge is -2.29. The lowest BCUT2D eigenvalue weighted by Crippen LogP contribution is -2.49. The molecule has 258 valence electrons. The van der Waals surface area contributed by atoms with Gasteiger partial charge in [0.2, 0.25) is 10.0 Å². The molecule has 0 radical (unpaired) electrons. The Labute approximate surface area is 280 Å². The van der Waals surface area contributed by atoms with Gasteiger partial charge in [-0.2, -0.15) is 13.2 Å². The van der Waals surface area contributed by atoms with E-state index in [1.807, 2.05) is 54.9 Å². The molecule has 1 aliphatic heterocycles. The van der Waals surface area contributed by atoms with Gasteiger partial charge in [0.05, 0.1) is 28.9 Å². The van der Waals surface area contributed by atoms with Crippen molar-refractivity contribution >= 4 is 32.5 Å². The average molecular weight is 685 g/mol. The Kier molecular flexibility index (Phi) is 10.0.